The Kier molecular flexibility index (Phi) is 3.36. The normalized spacial score (nSPS) is 18.1. The van der Waals surface area contributed by atoms with E-state index in [0.29, 0.717) is 0 Å². The second-order valence-corrected chi connectivity index (χ2v) is 7.94. The summed E-state index contributed by atoms with van der Waals surface area (Å²) in [4.78, 5) is 0. The summed E-state index contributed by atoms with van der Waals surface area (Å²) in [6, 6.07) is 32.2. The monoisotopic (exact) mass is 372 g/mol. The van der Waals surface area contributed by atoms with E-state index >= 15 is 0 Å². The van der Waals surface area contributed by atoms with Gasteiger partial charge in [0.1, 0.15) is 11.4 Å². The summed E-state index contributed by atoms with van der Waals surface area (Å²) in [5.41, 5.74) is 1.82. The number of hydrogen-bond donors (Lipinski definition) is 0. The van der Waals surface area contributed by atoms with Crippen LogP contribution in [-0.4, -0.2) is 0 Å². The number of rotatable bonds is 1. The lowest BCUT2D eigenvalue weighted by atomic mass is 9.88. The Bertz CT molecular complexity index is 1440. The minimum Gasteiger partial charge on any atom is -0.477 e. The largest absolute Gasteiger partial charge is 0.477 e. The van der Waals surface area contributed by atoms with Gasteiger partial charge in [0.15, 0.2) is 0 Å². The van der Waals surface area contributed by atoms with Gasteiger partial charge >= 0.3 is 0 Å². The fraction of sp³-hybridized carbons (Fsp3) is 0.0714. The first-order valence-corrected chi connectivity index (χ1v) is 10.0. The zero-order valence-electron chi connectivity index (χ0n) is 16.2. The molecule has 0 fully saturated rings. The molecule has 1 heteroatoms. The van der Waals surface area contributed by atoms with Crippen molar-refractivity contribution in [2.45, 2.75) is 12.5 Å². The molecule has 29 heavy (non-hydrogen) atoms. The third-order valence-electron chi connectivity index (χ3n) is 6.13. The van der Waals surface area contributed by atoms with Gasteiger partial charge in [-0.1, -0.05) is 91.0 Å². The lowest BCUT2D eigenvalue weighted by molar-refractivity contribution is 0.141. The number of fused-ring (bicyclic) bond motifs is 7. The molecule has 1 nitrogen and oxygen atoms in total. The molecule has 0 amide bonds. The van der Waals surface area contributed by atoms with Crippen LogP contribution in [0.2, 0.25) is 0 Å². The minimum absolute atomic E-state index is 0.512. The predicted octanol–water partition coefficient (Wildman–Crippen LogP) is 7.47. The first kappa shape index (κ1) is 16.4. The molecule has 0 saturated carbocycles. The Hall–Kier alpha value is -3.58. The van der Waals surface area contributed by atoms with E-state index in [-0.39, 0.29) is 0 Å². The molecule has 1 unspecified atom stereocenters. The molecule has 0 aromatic heterocycles. The van der Waals surface area contributed by atoms with Gasteiger partial charge in [-0.25, -0.2) is 0 Å². The third kappa shape index (κ3) is 2.41. The molecular weight excluding hydrogens is 352 g/mol. The quantitative estimate of drug-likeness (QED) is 0.277. The molecule has 0 aliphatic carbocycles. The molecule has 0 N–H and O–H groups in total. The Morgan fingerprint density at radius 2 is 1.24 bits per heavy atom. The average Bonchev–Trinajstić information content (AvgIpc) is 2.79. The van der Waals surface area contributed by atoms with Crippen molar-refractivity contribution in [1.29, 1.82) is 0 Å². The fourth-order valence-electron chi connectivity index (χ4n) is 4.55. The van der Waals surface area contributed by atoms with Gasteiger partial charge < -0.3 is 4.74 Å². The van der Waals surface area contributed by atoms with Crippen LogP contribution in [0.5, 0.6) is 5.75 Å². The van der Waals surface area contributed by atoms with E-state index < -0.39 is 5.60 Å². The van der Waals surface area contributed by atoms with Gasteiger partial charge in [-0.05, 0) is 51.6 Å². The van der Waals surface area contributed by atoms with Gasteiger partial charge in [-0.2, -0.15) is 0 Å². The summed E-state index contributed by atoms with van der Waals surface area (Å²) < 4.78 is 6.79. The highest BCUT2D eigenvalue weighted by Gasteiger charge is 2.31. The van der Waals surface area contributed by atoms with Crippen LogP contribution in [0, 0.1) is 0 Å². The predicted molar refractivity (Wildman–Crippen MR) is 122 cm³/mol. The van der Waals surface area contributed by atoms with E-state index in [4.69, 9.17) is 4.74 Å². The molecule has 0 radical (unpaired) electrons. The van der Waals surface area contributed by atoms with Crippen molar-refractivity contribution < 1.29 is 4.74 Å². The van der Waals surface area contributed by atoms with Crippen LogP contribution in [0.4, 0.5) is 0 Å². The molecule has 1 atom stereocenters. The van der Waals surface area contributed by atoms with E-state index in [1.54, 1.807) is 0 Å². The standard InChI is InChI=1S/C28H20O/c1-28(21-15-14-19-8-2-3-9-20(19)18-21)17-16-26-24-12-5-4-10-22(24)23-11-6-7-13-25(23)27(26)29-28/h2-18H,1H3. The summed E-state index contributed by atoms with van der Waals surface area (Å²) in [6.45, 7) is 2.15. The van der Waals surface area contributed by atoms with Crippen molar-refractivity contribution in [3.8, 4) is 5.75 Å². The first-order valence-electron chi connectivity index (χ1n) is 10.0. The lowest BCUT2D eigenvalue weighted by Gasteiger charge is -2.33. The van der Waals surface area contributed by atoms with E-state index in [0.717, 1.165) is 22.3 Å². The van der Waals surface area contributed by atoms with E-state index in [1.807, 2.05) is 0 Å². The summed E-state index contributed by atoms with van der Waals surface area (Å²) in [6.07, 6.45) is 4.43. The summed E-state index contributed by atoms with van der Waals surface area (Å²) in [7, 11) is 0. The Labute approximate surface area is 169 Å². The molecule has 1 aliphatic heterocycles. The van der Waals surface area contributed by atoms with Gasteiger partial charge in [0.2, 0.25) is 0 Å². The van der Waals surface area contributed by atoms with Gasteiger partial charge in [0, 0.05) is 10.9 Å². The van der Waals surface area contributed by atoms with Gasteiger partial charge in [-0.15, -0.1) is 0 Å². The topological polar surface area (TPSA) is 9.23 Å². The SMILES string of the molecule is CC1(c2ccc3ccccc3c2)C=Cc2c(c3ccccc3c3ccccc23)O1. The van der Waals surface area contributed by atoms with Crippen LogP contribution < -0.4 is 4.74 Å². The average molecular weight is 372 g/mol. The Balaban J connectivity index is 1.60. The molecule has 0 spiro atoms. The van der Waals surface area contributed by atoms with Gasteiger partial charge in [0.05, 0.1) is 0 Å². The maximum Gasteiger partial charge on any atom is 0.150 e. The van der Waals surface area contributed by atoms with Crippen molar-refractivity contribution in [3.05, 3.63) is 108 Å². The molecule has 6 rings (SSSR count). The van der Waals surface area contributed by atoms with Crippen molar-refractivity contribution in [2.24, 2.45) is 0 Å². The van der Waals surface area contributed by atoms with Crippen molar-refractivity contribution in [2.75, 3.05) is 0 Å². The van der Waals surface area contributed by atoms with Crippen molar-refractivity contribution in [1.82, 2.24) is 0 Å². The molecule has 1 aliphatic rings. The smallest absolute Gasteiger partial charge is 0.150 e. The molecule has 5 aromatic rings. The first-order chi connectivity index (χ1) is 14.2. The highest BCUT2D eigenvalue weighted by molar-refractivity contribution is 6.14. The highest BCUT2D eigenvalue weighted by Crippen LogP contribution is 2.45. The maximum absolute atomic E-state index is 6.79. The van der Waals surface area contributed by atoms with Crippen LogP contribution in [-0.2, 0) is 5.60 Å². The summed E-state index contributed by atoms with van der Waals surface area (Å²) >= 11 is 0. The lowest BCUT2D eigenvalue weighted by Crippen LogP contribution is -2.29. The van der Waals surface area contributed by atoms with E-state index in [1.165, 1.54) is 26.9 Å². The zero-order chi connectivity index (χ0) is 19.4. The van der Waals surface area contributed by atoms with E-state index in [2.05, 4.69) is 110 Å². The maximum atomic E-state index is 6.79. The Morgan fingerprint density at radius 3 is 2.03 bits per heavy atom. The molecule has 138 valence electrons. The number of hydrogen-bond acceptors (Lipinski definition) is 1. The second kappa shape index (κ2) is 5.96. The highest BCUT2D eigenvalue weighted by atomic mass is 16.5. The van der Waals surface area contributed by atoms with Crippen molar-refractivity contribution in [3.63, 3.8) is 0 Å². The van der Waals surface area contributed by atoms with E-state index in [9.17, 15) is 0 Å². The molecule has 0 saturated heterocycles. The second-order valence-electron chi connectivity index (χ2n) is 7.94. The number of ether oxygens (including phenoxy) is 1. The molecule has 5 aromatic carbocycles. The minimum atomic E-state index is -0.512. The van der Waals surface area contributed by atoms with Crippen LogP contribution in [0.1, 0.15) is 18.1 Å². The van der Waals surface area contributed by atoms with Crippen molar-refractivity contribution >= 4 is 38.4 Å². The molecule has 1 heterocycles. The van der Waals surface area contributed by atoms with Crippen LogP contribution >= 0.6 is 0 Å². The zero-order valence-corrected chi connectivity index (χ0v) is 16.2. The summed E-state index contributed by atoms with van der Waals surface area (Å²) in [5, 5.41) is 7.38. The molecule has 0 bridgehead atoms. The fourth-order valence-corrected chi connectivity index (χ4v) is 4.55. The number of benzene rings is 5. The van der Waals surface area contributed by atoms with Crippen LogP contribution in [0.3, 0.4) is 0 Å². The Morgan fingerprint density at radius 1 is 0.621 bits per heavy atom. The van der Waals surface area contributed by atoms with Gasteiger partial charge in [0.25, 0.3) is 0 Å². The molecular formula is C28H20O. The third-order valence-corrected chi connectivity index (χ3v) is 6.13. The summed E-state index contributed by atoms with van der Waals surface area (Å²) in [5.74, 6) is 0.970. The van der Waals surface area contributed by atoms with Gasteiger partial charge in [-0.3, -0.25) is 0 Å². The van der Waals surface area contributed by atoms with Crippen LogP contribution in [0.15, 0.2) is 97.1 Å². The van der Waals surface area contributed by atoms with Crippen LogP contribution in [0.25, 0.3) is 38.4 Å².